The molecule has 0 radical (unpaired) electrons. The van der Waals surface area contributed by atoms with E-state index in [1.165, 1.54) is 0 Å². The van der Waals surface area contributed by atoms with Gasteiger partial charge in [-0.15, -0.1) is 0 Å². The van der Waals surface area contributed by atoms with E-state index in [0.29, 0.717) is 31.0 Å². The molecule has 0 fully saturated rings. The van der Waals surface area contributed by atoms with Crippen molar-refractivity contribution in [2.75, 3.05) is 32.1 Å². The number of hydrogen-bond donors (Lipinski definition) is 0. The van der Waals surface area contributed by atoms with Crippen LogP contribution in [-0.4, -0.2) is 53.1 Å². The van der Waals surface area contributed by atoms with Gasteiger partial charge in [-0.05, 0) is 19.9 Å². The minimum atomic E-state index is -0.0259. The molecule has 1 heterocycles. The number of aryl methyl sites for hydroxylation is 2. The molecular formula is C12H18BrN3O2. The van der Waals surface area contributed by atoms with Crippen LogP contribution in [0.1, 0.15) is 21.7 Å². The molecule has 0 bridgehead atoms. The molecule has 0 aliphatic carbocycles. The normalized spacial score (nSPS) is 10.4. The van der Waals surface area contributed by atoms with Crippen LogP contribution in [0.2, 0.25) is 0 Å². The molecule has 100 valence electrons. The minimum absolute atomic E-state index is 0.0259. The zero-order valence-corrected chi connectivity index (χ0v) is 12.5. The van der Waals surface area contributed by atoms with E-state index in [2.05, 4.69) is 26.1 Å². The third-order valence-electron chi connectivity index (χ3n) is 2.54. The highest BCUT2D eigenvalue weighted by molar-refractivity contribution is 9.09. The van der Waals surface area contributed by atoms with E-state index in [1.807, 2.05) is 6.92 Å². The minimum Gasteiger partial charge on any atom is -0.383 e. The van der Waals surface area contributed by atoms with Crippen molar-refractivity contribution >= 4 is 21.8 Å². The fraction of sp³-hybridized carbons (Fsp3) is 0.583. The topological polar surface area (TPSA) is 55.3 Å². The van der Waals surface area contributed by atoms with Gasteiger partial charge in [0.2, 0.25) is 0 Å². The van der Waals surface area contributed by atoms with E-state index in [4.69, 9.17) is 4.74 Å². The highest BCUT2D eigenvalue weighted by atomic mass is 79.9. The zero-order chi connectivity index (χ0) is 13.5. The molecular weight excluding hydrogens is 298 g/mol. The summed E-state index contributed by atoms with van der Waals surface area (Å²) in [4.78, 5) is 14.1. The standard InChI is InChI=1S/C12H18BrN3O2/c1-9-8-11(10(2)15-14-9)12(17)16(5-4-13)6-7-18-3/h8H,4-7H2,1-3H3. The van der Waals surface area contributed by atoms with E-state index < -0.39 is 0 Å². The lowest BCUT2D eigenvalue weighted by Crippen LogP contribution is -2.36. The van der Waals surface area contributed by atoms with Gasteiger partial charge < -0.3 is 9.64 Å². The average molecular weight is 316 g/mol. The number of rotatable bonds is 6. The highest BCUT2D eigenvalue weighted by Gasteiger charge is 2.18. The van der Waals surface area contributed by atoms with Gasteiger partial charge in [-0.2, -0.15) is 10.2 Å². The summed E-state index contributed by atoms with van der Waals surface area (Å²) in [6.07, 6.45) is 0. The number of ether oxygens (including phenoxy) is 1. The maximum absolute atomic E-state index is 12.4. The van der Waals surface area contributed by atoms with Crippen LogP contribution in [0.25, 0.3) is 0 Å². The molecule has 1 rings (SSSR count). The Labute approximate surface area is 116 Å². The Hall–Kier alpha value is -1.01. The fourth-order valence-corrected chi connectivity index (χ4v) is 1.98. The van der Waals surface area contributed by atoms with E-state index in [0.717, 1.165) is 11.0 Å². The second kappa shape index (κ2) is 7.43. The third-order valence-corrected chi connectivity index (χ3v) is 2.89. The monoisotopic (exact) mass is 315 g/mol. The first-order valence-corrected chi connectivity index (χ1v) is 6.87. The number of carbonyl (C=O) groups excluding carboxylic acids is 1. The number of aromatic nitrogens is 2. The maximum Gasteiger partial charge on any atom is 0.255 e. The molecule has 1 aromatic rings. The predicted octanol–water partition coefficient (Wildman–Crippen LogP) is 1.58. The lowest BCUT2D eigenvalue weighted by atomic mass is 10.1. The average Bonchev–Trinajstić information content (AvgIpc) is 2.36. The molecule has 18 heavy (non-hydrogen) atoms. The third kappa shape index (κ3) is 4.03. The summed E-state index contributed by atoms with van der Waals surface area (Å²) < 4.78 is 5.02. The Morgan fingerprint density at radius 3 is 2.72 bits per heavy atom. The van der Waals surface area contributed by atoms with Gasteiger partial charge in [0.05, 0.1) is 23.6 Å². The Morgan fingerprint density at radius 1 is 1.39 bits per heavy atom. The lowest BCUT2D eigenvalue weighted by Gasteiger charge is -2.22. The van der Waals surface area contributed by atoms with Crippen LogP contribution in [0.4, 0.5) is 0 Å². The molecule has 0 saturated carbocycles. The SMILES string of the molecule is COCCN(CCBr)C(=O)c1cc(C)nnc1C. The van der Waals surface area contributed by atoms with Crippen LogP contribution in [0.3, 0.4) is 0 Å². The molecule has 0 aliphatic rings. The van der Waals surface area contributed by atoms with E-state index in [1.54, 1.807) is 25.0 Å². The summed E-state index contributed by atoms with van der Waals surface area (Å²) in [5, 5.41) is 8.65. The molecule has 0 unspecified atom stereocenters. The van der Waals surface area contributed by atoms with Crippen molar-refractivity contribution < 1.29 is 9.53 Å². The van der Waals surface area contributed by atoms with Gasteiger partial charge in [0.25, 0.3) is 5.91 Å². The highest BCUT2D eigenvalue weighted by Crippen LogP contribution is 2.09. The van der Waals surface area contributed by atoms with Gasteiger partial charge in [0.15, 0.2) is 0 Å². The van der Waals surface area contributed by atoms with Gasteiger partial charge in [-0.1, -0.05) is 15.9 Å². The van der Waals surface area contributed by atoms with Crippen molar-refractivity contribution in [1.82, 2.24) is 15.1 Å². The quantitative estimate of drug-likeness (QED) is 0.748. The van der Waals surface area contributed by atoms with Crippen molar-refractivity contribution in [1.29, 1.82) is 0 Å². The number of amides is 1. The number of hydrogen-bond acceptors (Lipinski definition) is 4. The smallest absolute Gasteiger partial charge is 0.255 e. The Kier molecular flexibility index (Phi) is 6.21. The number of methoxy groups -OCH3 is 1. The summed E-state index contributed by atoms with van der Waals surface area (Å²) in [6, 6.07) is 1.78. The molecule has 5 nitrogen and oxygen atoms in total. The van der Waals surface area contributed by atoms with Crippen molar-refractivity contribution in [2.24, 2.45) is 0 Å². The van der Waals surface area contributed by atoms with Crippen LogP contribution in [0.15, 0.2) is 6.07 Å². The van der Waals surface area contributed by atoms with Crippen LogP contribution < -0.4 is 0 Å². The first-order chi connectivity index (χ1) is 8.60. The fourth-order valence-electron chi connectivity index (χ4n) is 1.56. The number of nitrogens with zero attached hydrogens (tertiary/aromatic N) is 3. The summed E-state index contributed by atoms with van der Waals surface area (Å²) in [5.41, 5.74) is 2.01. The molecule has 1 aromatic heterocycles. The Morgan fingerprint density at radius 2 is 2.11 bits per heavy atom. The summed E-state index contributed by atoms with van der Waals surface area (Å²) in [7, 11) is 1.63. The Balaban J connectivity index is 2.90. The molecule has 0 aromatic carbocycles. The summed E-state index contributed by atoms with van der Waals surface area (Å²) in [5.74, 6) is -0.0259. The van der Waals surface area contributed by atoms with Gasteiger partial charge in [-0.3, -0.25) is 4.79 Å². The number of alkyl halides is 1. The predicted molar refractivity (Wildman–Crippen MR) is 73.1 cm³/mol. The summed E-state index contributed by atoms with van der Waals surface area (Å²) in [6.45, 7) is 5.36. The second-order valence-electron chi connectivity index (χ2n) is 3.96. The van der Waals surface area contributed by atoms with Crippen molar-refractivity contribution in [3.05, 3.63) is 23.0 Å². The van der Waals surface area contributed by atoms with Gasteiger partial charge in [-0.25, -0.2) is 0 Å². The first kappa shape index (κ1) is 15.0. The van der Waals surface area contributed by atoms with Gasteiger partial charge >= 0.3 is 0 Å². The molecule has 6 heteroatoms. The van der Waals surface area contributed by atoms with E-state index in [-0.39, 0.29) is 5.91 Å². The van der Waals surface area contributed by atoms with E-state index >= 15 is 0 Å². The van der Waals surface area contributed by atoms with E-state index in [9.17, 15) is 4.79 Å². The molecule has 0 atom stereocenters. The largest absolute Gasteiger partial charge is 0.383 e. The molecule has 0 aliphatic heterocycles. The Bertz CT molecular complexity index is 412. The number of halogens is 1. The van der Waals surface area contributed by atoms with Gasteiger partial charge in [0, 0.05) is 25.5 Å². The van der Waals surface area contributed by atoms with Crippen LogP contribution in [0.5, 0.6) is 0 Å². The molecule has 0 saturated heterocycles. The van der Waals surface area contributed by atoms with Crippen LogP contribution in [0, 0.1) is 13.8 Å². The van der Waals surface area contributed by atoms with Crippen molar-refractivity contribution in [3.8, 4) is 0 Å². The summed E-state index contributed by atoms with van der Waals surface area (Å²) >= 11 is 3.35. The lowest BCUT2D eigenvalue weighted by molar-refractivity contribution is 0.0707. The first-order valence-electron chi connectivity index (χ1n) is 5.75. The molecule has 0 spiro atoms. The molecule has 0 N–H and O–H groups in total. The van der Waals surface area contributed by atoms with Crippen molar-refractivity contribution in [3.63, 3.8) is 0 Å². The second-order valence-corrected chi connectivity index (χ2v) is 4.75. The van der Waals surface area contributed by atoms with Crippen molar-refractivity contribution in [2.45, 2.75) is 13.8 Å². The van der Waals surface area contributed by atoms with Gasteiger partial charge in [0.1, 0.15) is 0 Å². The maximum atomic E-state index is 12.4. The number of carbonyl (C=O) groups is 1. The van der Waals surface area contributed by atoms with Crippen LogP contribution in [-0.2, 0) is 4.74 Å². The zero-order valence-electron chi connectivity index (χ0n) is 10.9. The molecule has 1 amide bonds. The van der Waals surface area contributed by atoms with Crippen LogP contribution >= 0.6 is 15.9 Å².